The molecule has 2 aromatic rings. The highest BCUT2D eigenvalue weighted by atomic mass is 19.1. The van der Waals surface area contributed by atoms with Gasteiger partial charge in [-0.2, -0.15) is 4.98 Å². The Morgan fingerprint density at radius 1 is 1.19 bits per heavy atom. The smallest absolute Gasteiger partial charge is 0.413 e. The van der Waals surface area contributed by atoms with Crippen LogP contribution in [0.5, 0.6) is 6.01 Å². The molecule has 0 fully saturated rings. The molecule has 0 atom stereocenters. The SMILES string of the molecule is CCOC(=O)COC(=O)Nc1nc(OCc2ccc(C)cc2)ncc1F. The maximum atomic E-state index is 13.7. The number of rotatable bonds is 7. The van der Waals surface area contributed by atoms with E-state index in [0.717, 1.165) is 17.3 Å². The van der Waals surface area contributed by atoms with Gasteiger partial charge in [0.1, 0.15) is 6.61 Å². The molecule has 0 aliphatic heterocycles. The van der Waals surface area contributed by atoms with Crippen molar-refractivity contribution >= 4 is 17.9 Å². The van der Waals surface area contributed by atoms with Crippen molar-refractivity contribution in [2.75, 3.05) is 18.5 Å². The Labute approximate surface area is 149 Å². The fourth-order valence-corrected chi connectivity index (χ4v) is 1.80. The third-order valence-corrected chi connectivity index (χ3v) is 3.06. The molecule has 1 heterocycles. The molecular formula is C17H18FN3O5. The first-order chi connectivity index (χ1) is 12.5. The van der Waals surface area contributed by atoms with Gasteiger partial charge in [0.15, 0.2) is 18.2 Å². The van der Waals surface area contributed by atoms with Crippen LogP contribution in [0.1, 0.15) is 18.1 Å². The lowest BCUT2D eigenvalue weighted by Gasteiger charge is -2.09. The van der Waals surface area contributed by atoms with Crippen molar-refractivity contribution in [1.29, 1.82) is 0 Å². The zero-order valence-electron chi connectivity index (χ0n) is 14.3. The number of nitrogens with one attached hydrogen (secondary N) is 1. The summed E-state index contributed by atoms with van der Waals surface area (Å²) < 4.78 is 28.3. The van der Waals surface area contributed by atoms with Crippen molar-refractivity contribution in [3.05, 3.63) is 47.4 Å². The summed E-state index contributed by atoms with van der Waals surface area (Å²) in [6.45, 7) is 3.33. The second-order valence-corrected chi connectivity index (χ2v) is 5.13. The minimum Gasteiger partial charge on any atom is -0.463 e. The Balaban J connectivity index is 1.92. The minimum atomic E-state index is -1.06. The second-order valence-electron chi connectivity index (χ2n) is 5.13. The fourth-order valence-electron chi connectivity index (χ4n) is 1.80. The monoisotopic (exact) mass is 363 g/mol. The highest BCUT2D eigenvalue weighted by Gasteiger charge is 2.14. The standard InChI is InChI=1S/C17H18FN3O5/c1-3-24-14(22)10-26-17(23)21-15-13(18)8-19-16(20-15)25-9-12-6-4-11(2)5-7-12/h4-8H,3,9-10H2,1-2H3,(H,19,20,21,23). The van der Waals surface area contributed by atoms with Crippen LogP contribution < -0.4 is 10.1 Å². The number of hydrogen-bond donors (Lipinski definition) is 1. The Morgan fingerprint density at radius 2 is 1.92 bits per heavy atom. The largest absolute Gasteiger partial charge is 0.463 e. The number of ether oxygens (including phenoxy) is 3. The summed E-state index contributed by atoms with van der Waals surface area (Å²) in [5, 5.41) is 2.08. The first kappa shape index (κ1) is 19.1. The predicted molar refractivity (Wildman–Crippen MR) is 89.1 cm³/mol. The number of aryl methyl sites for hydroxylation is 1. The van der Waals surface area contributed by atoms with Gasteiger partial charge in [-0.25, -0.2) is 19.0 Å². The Bertz CT molecular complexity index is 767. The van der Waals surface area contributed by atoms with Crippen LogP contribution in [0, 0.1) is 12.7 Å². The van der Waals surface area contributed by atoms with E-state index in [2.05, 4.69) is 24.8 Å². The van der Waals surface area contributed by atoms with Crippen molar-refractivity contribution in [2.45, 2.75) is 20.5 Å². The van der Waals surface area contributed by atoms with Gasteiger partial charge in [-0.05, 0) is 19.4 Å². The van der Waals surface area contributed by atoms with Gasteiger partial charge in [0.2, 0.25) is 0 Å². The molecule has 9 heteroatoms. The Hall–Kier alpha value is -3.23. The summed E-state index contributed by atoms with van der Waals surface area (Å²) in [7, 11) is 0. The molecule has 0 unspecified atom stereocenters. The van der Waals surface area contributed by atoms with E-state index >= 15 is 0 Å². The maximum Gasteiger partial charge on any atom is 0.413 e. The summed E-state index contributed by atoms with van der Waals surface area (Å²) in [6, 6.07) is 7.50. The van der Waals surface area contributed by atoms with E-state index in [1.165, 1.54) is 0 Å². The van der Waals surface area contributed by atoms with Crippen LogP contribution in [-0.4, -0.2) is 35.2 Å². The molecule has 138 valence electrons. The van der Waals surface area contributed by atoms with Crippen molar-refractivity contribution in [2.24, 2.45) is 0 Å². The van der Waals surface area contributed by atoms with Crippen LogP contribution in [0.25, 0.3) is 0 Å². The van der Waals surface area contributed by atoms with Crippen molar-refractivity contribution in [1.82, 2.24) is 9.97 Å². The molecule has 2 rings (SSSR count). The van der Waals surface area contributed by atoms with E-state index in [0.29, 0.717) is 0 Å². The van der Waals surface area contributed by atoms with Crippen LogP contribution >= 0.6 is 0 Å². The van der Waals surface area contributed by atoms with E-state index in [9.17, 15) is 14.0 Å². The third kappa shape index (κ3) is 6.00. The summed E-state index contributed by atoms with van der Waals surface area (Å²) in [5.74, 6) is -2.01. The normalized spacial score (nSPS) is 10.1. The van der Waals surface area contributed by atoms with E-state index in [1.54, 1.807) is 6.92 Å². The van der Waals surface area contributed by atoms with Crippen molar-refractivity contribution in [3.8, 4) is 6.01 Å². The molecular weight excluding hydrogens is 345 g/mol. The molecule has 0 saturated heterocycles. The molecule has 8 nitrogen and oxygen atoms in total. The van der Waals surface area contributed by atoms with Crippen LogP contribution in [0.2, 0.25) is 0 Å². The summed E-state index contributed by atoms with van der Waals surface area (Å²) >= 11 is 0. The molecule has 1 N–H and O–H groups in total. The molecule has 26 heavy (non-hydrogen) atoms. The number of benzene rings is 1. The summed E-state index contributed by atoms with van der Waals surface area (Å²) in [5.41, 5.74) is 1.99. The van der Waals surface area contributed by atoms with Gasteiger partial charge >= 0.3 is 18.1 Å². The molecule has 0 spiro atoms. The topological polar surface area (TPSA) is 99.6 Å². The lowest BCUT2D eigenvalue weighted by Crippen LogP contribution is -2.21. The number of nitrogens with zero attached hydrogens (tertiary/aromatic N) is 2. The van der Waals surface area contributed by atoms with Crippen LogP contribution in [0.4, 0.5) is 15.0 Å². The number of carbonyl (C=O) groups excluding carboxylic acids is 2. The van der Waals surface area contributed by atoms with Gasteiger partial charge < -0.3 is 14.2 Å². The molecule has 1 aromatic heterocycles. The zero-order chi connectivity index (χ0) is 18.9. The number of aromatic nitrogens is 2. The number of hydrogen-bond acceptors (Lipinski definition) is 7. The van der Waals surface area contributed by atoms with Crippen molar-refractivity contribution < 1.29 is 28.2 Å². The molecule has 0 aliphatic rings. The first-order valence-corrected chi connectivity index (χ1v) is 7.78. The molecule has 1 aromatic carbocycles. The van der Waals surface area contributed by atoms with Crippen LogP contribution in [0.15, 0.2) is 30.5 Å². The Kier molecular flexibility index (Phi) is 6.84. The number of halogens is 1. The van der Waals surface area contributed by atoms with Gasteiger partial charge in [-0.1, -0.05) is 29.8 Å². The maximum absolute atomic E-state index is 13.7. The van der Waals surface area contributed by atoms with Gasteiger partial charge in [-0.3, -0.25) is 5.32 Å². The van der Waals surface area contributed by atoms with Gasteiger partial charge in [0.25, 0.3) is 0 Å². The number of esters is 1. The van der Waals surface area contributed by atoms with Crippen molar-refractivity contribution in [3.63, 3.8) is 0 Å². The average molecular weight is 363 g/mol. The fraction of sp³-hybridized carbons (Fsp3) is 0.294. The van der Waals surface area contributed by atoms with E-state index in [4.69, 9.17) is 4.74 Å². The second kappa shape index (κ2) is 9.30. The van der Waals surface area contributed by atoms with Gasteiger partial charge in [0, 0.05) is 0 Å². The molecule has 0 aliphatic carbocycles. The van der Waals surface area contributed by atoms with E-state index in [-0.39, 0.29) is 19.2 Å². The minimum absolute atomic E-state index is 0.118. The molecule has 0 bridgehead atoms. The molecule has 1 amide bonds. The Morgan fingerprint density at radius 3 is 2.62 bits per heavy atom. The van der Waals surface area contributed by atoms with E-state index in [1.807, 2.05) is 31.2 Å². The highest BCUT2D eigenvalue weighted by Crippen LogP contribution is 2.15. The quantitative estimate of drug-likeness (QED) is 0.755. The van der Waals surface area contributed by atoms with E-state index < -0.39 is 30.3 Å². The highest BCUT2D eigenvalue weighted by molar-refractivity contribution is 5.85. The average Bonchev–Trinajstić information content (AvgIpc) is 2.62. The number of carbonyl (C=O) groups is 2. The predicted octanol–water partition coefficient (Wildman–Crippen LogP) is 2.61. The first-order valence-electron chi connectivity index (χ1n) is 7.78. The molecule has 0 radical (unpaired) electrons. The summed E-state index contributed by atoms with van der Waals surface area (Å²) in [6.07, 6.45) is -0.196. The van der Waals surface area contributed by atoms with Crippen LogP contribution in [-0.2, 0) is 20.9 Å². The van der Waals surface area contributed by atoms with Gasteiger partial charge in [0.05, 0.1) is 12.8 Å². The summed E-state index contributed by atoms with van der Waals surface area (Å²) in [4.78, 5) is 30.2. The van der Waals surface area contributed by atoms with Gasteiger partial charge in [-0.15, -0.1) is 0 Å². The number of anilines is 1. The zero-order valence-corrected chi connectivity index (χ0v) is 14.3. The lowest BCUT2D eigenvalue weighted by atomic mass is 10.2. The van der Waals surface area contributed by atoms with Crippen LogP contribution in [0.3, 0.4) is 0 Å². The third-order valence-electron chi connectivity index (χ3n) is 3.06. The molecule has 0 saturated carbocycles. The number of amides is 1. The lowest BCUT2D eigenvalue weighted by molar-refractivity contribution is -0.146.